The van der Waals surface area contributed by atoms with Gasteiger partial charge in [-0.25, -0.2) is 0 Å². The maximum atomic E-state index is 12.5. The zero-order valence-corrected chi connectivity index (χ0v) is 15.7. The third kappa shape index (κ3) is 2.95. The minimum atomic E-state index is -0.139. The SMILES string of the molecule is O=C1C[C@@H](c2nc(-c3ccc(Br)cc3)no2)CN1c1ccc2c(c1)OCO2. The minimum absolute atomic E-state index is 0.0160. The Morgan fingerprint density at radius 1 is 1.07 bits per heavy atom. The highest BCUT2D eigenvalue weighted by Crippen LogP contribution is 2.38. The van der Waals surface area contributed by atoms with Crippen molar-refractivity contribution in [3.05, 3.63) is 52.8 Å². The minimum Gasteiger partial charge on any atom is -0.454 e. The highest BCUT2D eigenvalue weighted by molar-refractivity contribution is 9.10. The Hall–Kier alpha value is -2.87. The number of rotatable bonds is 3. The van der Waals surface area contributed by atoms with E-state index in [1.165, 1.54) is 0 Å². The van der Waals surface area contributed by atoms with Crippen LogP contribution in [0.3, 0.4) is 0 Å². The number of ether oxygens (including phenoxy) is 2. The predicted octanol–water partition coefficient (Wildman–Crippen LogP) is 3.75. The van der Waals surface area contributed by atoms with Crippen LogP contribution in [0.1, 0.15) is 18.2 Å². The molecular weight excluding hydrogens is 414 g/mol. The predicted molar refractivity (Wildman–Crippen MR) is 99.7 cm³/mol. The van der Waals surface area contributed by atoms with Crippen molar-refractivity contribution in [2.24, 2.45) is 0 Å². The second-order valence-corrected chi connectivity index (χ2v) is 7.32. The van der Waals surface area contributed by atoms with Gasteiger partial charge in [-0.05, 0) is 36.4 Å². The summed E-state index contributed by atoms with van der Waals surface area (Å²) in [6.45, 7) is 0.691. The third-order valence-electron chi connectivity index (χ3n) is 4.69. The van der Waals surface area contributed by atoms with Crippen LogP contribution in [0.2, 0.25) is 0 Å². The van der Waals surface area contributed by atoms with Gasteiger partial charge in [-0.3, -0.25) is 4.79 Å². The van der Waals surface area contributed by atoms with E-state index >= 15 is 0 Å². The quantitative estimate of drug-likeness (QED) is 0.633. The lowest BCUT2D eigenvalue weighted by Gasteiger charge is -2.16. The number of hydrogen-bond donors (Lipinski definition) is 0. The fourth-order valence-corrected chi connectivity index (χ4v) is 3.56. The smallest absolute Gasteiger partial charge is 0.232 e. The first-order valence-corrected chi connectivity index (χ1v) is 9.26. The van der Waals surface area contributed by atoms with Crippen molar-refractivity contribution < 1.29 is 18.8 Å². The van der Waals surface area contributed by atoms with Crippen LogP contribution >= 0.6 is 15.9 Å². The van der Waals surface area contributed by atoms with E-state index in [1.807, 2.05) is 42.5 Å². The van der Waals surface area contributed by atoms with Crippen LogP contribution in [0.5, 0.6) is 11.5 Å². The molecule has 0 spiro atoms. The summed E-state index contributed by atoms with van der Waals surface area (Å²) in [5, 5.41) is 4.06. The second-order valence-electron chi connectivity index (χ2n) is 6.41. The summed E-state index contributed by atoms with van der Waals surface area (Å²) in [6.07, 6.45) is 0.330. The van der Waals surface area contributed by atoms with Gasteiger partial charge >= 0.3 is 0 Å². The van der Waals surface area contributed by atoms with Gasteiger partial charge in [-0.2, -0.15) is 4.98 Å². The molecule has 1 atom stereocenters. The van der Waals surface area contributed by atoms with Gasteiger partial charge in [-0.15, -0.1) is 0 Å². The molecule has 1 aromatic heterocycles. The number of aromatic nitrogens is 2. The molecule has 8 heteroatoms. The average Bonchev–Trinajstić information content (AvgIpc) is 3.40. The lowest BCUT2D eigenvalue weighted by atomic mass is 10.1. The van der Waals surface area contributed by atoms with E-state index in [1.54, 1.807) is 4.90 Å². The summed E-state index contributed by atoms with van der Waals surface area (Å²) in [4.78, 5) is 18.7. The van der Waals surface area contributed by atoms with Crippen LogP contribution < -0.4 is 14.4 Å². The highest BCUT2D eigenvalue weighted by atomic mass is 79.9. The topological polar surface area (TPSA) is 77.7 Å². The van der Waals surface area contributed by atoms with Crippen LogP contribution in [0.25, 0.3) is 11.4 Å². The van der Waals surface area contributed by atoms with Crippen LogP contribution in [0, 0.1) is 0 Å². The fraction of sp³-hybridized carbons (Fsp3) is 0.211. The first-order chi connectivity index (χ1) is 13.2. The standard InChI is InChI=1S/C19H14BrN3O4/c20-13-3-1-11(2-4-13)18-21-19(27-22-18)12-7-17(24)23(9-12)14-5-6-15-16(8-14)26-10-25-15/h1-6,8,12H,7,9-10H2/t12-/m1/s1. The summed E-state index contributed by atoms with van der Waals surface area (Å²) >= 11 is 3.41. The van der Waals surface area contributed by atoms with Crippen molar-refractivity contribution in [3.63, 3.8) is 0 Å². The monoisotopic (exact) mass is 427 g/mol. The number of fused-ring (bicyclic) bond motifs is 1. The normalized spacial score (nSPS) is 18.3. The van der Waals surface area contributed by atoms with Crippen molar-refractivity contribution in [3.8, 4) is 22.9 Å². The number of carbonyl (C=O) groups is 1. The van der Waals surface area contributed by atoms with Crippen molar-refractivity contribution in [1.29, 1.82) is 0 Å². The van der Waals surface area contributed by atoms with Gasteiger partial charge in [0.1, 0.15) is 0 Å². The lowest BCUT2D eigenvalue weighted by molar-refractivity contribution is -0.117. The largest absolute Gasteiger partial charge is 0.454 e. The highest BCUT2D eigenvalue weighted by Gasteiger charge is 2.35. The molecule has 3 heterocycles. The first-order valence-electron chi connectivity index (χ1n) is 8.47. The molecule has 2 aliphatic heterocycles. The maximum absolute atomic E-state index is 12.5. The van der Waals surface area contributed by atoms with Gasteiger partial charge in [0.15, 0.2) is 11.5 Å². The number of halogens is 1. The Morgan fingerprint density at radius 3 is 2.74 bits per heavy atom. The molecule has 0 unspecified atom stereocenters. The molecule has 1 fully saturated rings. The number of hydrogen-bond acceptors (Lipinski definition) is 6. The molecule has 2 aromatic carbocycles. The molecule has 3 aromatic rings. The van der Waals surface area contributed by atoms with Crippen LogP contribution in [-0.4, -0.2) is 29.4 Å². The number of benzene rings is 2. The zero-order valence-electron chi connectivity index (χ0n) is 14.1. The van der Waals surface area contributed by atoms with Crippen LogP contribution in [0.4, 0.5) is 5.69 Å². The second kappa shape index (κ2) is 6.38. The van der Waals surface area contributed by atoms with E-state index in [0.29, 0.717) is 36.2 Å². The Kier molecular flexibility index (Phi) is 3.86. The lowest BCUT2D eigenvalue weighted by Crippen LogP contribution is -2.24. The Balaban J connectivity index is 1.37. The summed E-state index contributed by atoms with van der Waals surface area (Å²) in [5.41, 5.74) is 1.64. The number of carbonyl (C=O) groups excluding carboxylic acids is 1. The van der Waals surface area contributed by atoms with Gasteiger partial charge in [0.05, 0.1) is 5.92 Å². The van der Waals surface area contributed by atoms with E-state index in [4.69, 9.17) is 14.0 Å². The summed E-state index contributed by atoms with van der Waals surface area (Å²) in [7, 11) is 0. The molecule has 0 N–H and O–H groups in total. The molecule has 0 bridgehead atoms. The molecule has 27 heavy (non-hydrogen) atoms. The van der Waals surface area contributed by atoms with Crippen molar-refractivity contribution >= 4 is 27.5 Å². The van der Waals surface area contributed by atoms with E-state index < -0.39 is 0 Å². The van der Waals surface area contributed by atoms with E-state index in [-0.39, 0.29) is 18.6 Å². The molecular formula is C19H14BrN3O4. The summed E-state index contributed by atoms with van der Waals surface area (Å²) in [5.74, 6) is 2.22. The molecule has 1 saturated heterocycles. The number of anilines is 1. The molecule has 5 rings (SSSR count). The molecule has 0 radical (unpaired) electrons. The molecule has 0 aliphatic carbocycles. The van der Waals surface area contributed by atoms with Gasteiger partial charge in [0.2, 0.25) is 24.4 Å². The summed E-state index contributed by atoms with van der Waals surface area (Å²) in [6, 6.07) is 13.2. The van der Waals surface area contributed by atoms with E-state index in [0.717, 1.165) is 15.7 Å². The Morgan fingerprint density at radius 2 is 1.89 bits per heavy atom. The van der Waals surface area contributed by atoms with Gasteiger partial charge in [0, 0.05) is 34.8 Å². The van der Waals surface area contributed by atoms with Crippen LogP contribution in [-0.2, 0) is 4.79 Å². The molecule has 136 valence electrons. The summed E-state index contributed by atoms with van der Waals surface area (Å²) < 4.78 is 17.2. The Labute approximate surface area is 163 Å². The molecule has 2 aliphatic rings. The zero-order chi connectivity index (χ0) is 18.4. The third-order valence-corrected chi connectivity index (χ3v) is 5.21. The van der Waals surface area contributed by atoms with Gasteiger partial charge in [-0.1, -0.05) is 21.1 Å². The fourth-order valence-electron chi connectivity index (χ4n) is 3.29. The van der Waals surface area contributed by atoms with E-state index in [2.05, 4.69) is 26.1 Å². The van der Waals surface area contributed by atoms with Crippen molar-refractivity contribution in [1.82, 2.24) is 10.1 Å². The maximum Gasteiger partial charge on any atom is 0.232 e. The molecule has 0 saturated carbocycles. The first kappa shape index (κ1) is 16.3. The average molecular weight is 428 g/mol. The van der Waals surface area contributed by atoms with Crippen molar-refractivity contribution in [2.75, 3.05) is 18.2 Å². The molecule has 1 amide bonds. The van der Waals surface area contributed by atoms with Crippen LogP contribution in [0.15, 0.2) is 51.5 Å². The number of amides is 1. The van der Waals surface area contributed by atoms with Crippen molar-refractivity contribution in [2.45, 2.75) is 12.3 Å². The Bertz CT molecular complexity index is 1020. The number of nitrogens with zero attached hydrogens (tertiary/aromatic N) is 3. The van der Waals surface area contributed by atoms with Gasteiger partial charge in [0.25, 0.3) is 0 Å². The van der Waals surface area contributed by atoms with E-state index in [9.17, 15) is 4.79 Å². The molecule has 7 nitrogen and oxygen atoms in total. The van der Waals surface area contributed by atoms with Gasteiger partial charge < -0.3 is 18.9 Å².